The number of carbonyl (C=O) groups is 1. The number of nitrogens with zero attached hydrogens (tertiary/aromatic N) is 2. The van der Waals surface area contributed by atoms with Crippen LogP contribution in [-0.4, -0.2) is 34.9 Å². The minimum atomic E-state index is -0.378. The van der Waals surface area contributed by atoms with Crippen LogP contribution in [0.2, 0.25) is 0 Å². The second kappa shape index (κ2) is 7.07. The van der Waals surface area contributed by atoms with Gasteiger partial charge in [0.2, 0.25) is 5.91 Å². The Labute approximate surface area is 159 Å². The van der Waals surface area contributed by atoms with E-state index < -0.39 is 0 Å². The summed E-state index contributed by atoms with van der Waals surface area (Å²) in [5.74, 6) is 0.676. The minimum Gasteiger partial charge on any atom is -0.493 e. The smallest absolute Gasteiger partial charge is 0.291 e. The SMILES string of the molecule is COc1ccc(NC(=O)Cn2ncc3c([nH]c4ccccc43)c2=O)cc1OC. The van der Waals surface area contributed by atoms with Crippen molar-refractivity contribution in [2.75, 3.05) is 19.5 Å². The predicted octanol–water partition coefficient (Wildman–Crippen LogP) is 2.53. The molecule has 8 nitrogen and oxygen atoms in total. The van der Waals surface area contributed by atoms with Gasteiger partial charge < -0.3 is 19.8 Å². The molecule has 8 heteroatoms. The summed E-state index contributed by atoms with van der Waals surface area (Å²) < 4.78 is 11.5. The van der Waals surface area contributed by atoms with E-state index in [1.54, 1.807) is 24.4 Å². The van der Waals surface area contributed by atoms with Crippen LogP contribution < -0.4 is 20.3 Å². The van der Waals surface area contributed by atoms with E-state index in [1.807, 2.05) is 24.3 Å². The zero-order chi connectivity index (χ0) is 19.7. The highest BCUT2D eigenvalue weighted by molar-refractivity contribution is 6.06. The van der Waals surface area contributed by atoms with E-state index in [1.165, 1.54) is 14.2 Å². The van der Waals surface area contributed by atoms with Gasteiger partial charge in [0, 0.05) is 28.0 Å². The van der Waals surface area contributed by atoms with Crippen molar-refractivity contribution < 1.29 is 14.3 Å². The summed E-state index contributed by atoms with van der Waals surface area (Å²) in [6.07, 6.45) is 1.60. The zero-order valence-corrected chi connectivity index (χ0v) is 15.4. The third-order valence-corrected chi connectivity index (χ3v) is 4.48. The summed E-state index contributed by atoms with van der Waals surface area (Å²) in [6.45, 7) is -0.210. The number of aromatic amines is 1. The van der Waals surface area contributed by atoms with E-state index in [2.05, 4.69) is 15.4 Å². The van der Waals surface area contributed by atoms with E-state index in [9.17, 15) is 9.59 Å². The maximum atomic E-state index is 12.7. The lowest BCUT2D eigenvalue weighted by atomic mass is 10.2. The van der Waals surface area contributed by atoms with Gasteiger partial charge in [-0.1, -0.05) is 18.2 Å². The van der Waals surface area contributed by atoms with Crippen molar-refractivity contribution >= 4 is 33.4 Å². The van der Waals surface area contributed by atoms with Crippen LogP contribution in [0.15, 0.2) is 53.5 Å². The molecule has 4 rings (SSSR count). The molecular weight excluding hydrogens is 360 g/mol. The van der Waals surface area contributed by atoms with Crippen molar-refractivity contribution in [3.63, 3.8) is 0 Å². The van der Waals surface area contributed by atoms with Crippen molar-refractivity contribution in [2.45, 2.75) is 6.54 Å². The number of aromatic nitrogens is 3. The highest BCUT2D eigenvalue weighted by atomic mass is 16.5. The molecule has 0 saturated heterocycles. The number of H-pyrrole nitrogens is 1. The molecule has 2 aromatic heterocycles. The average molecular weight is 378 g/mol. The Bertz CT molecular complexity index is 1240. The van der Waals surface area contributed by atoms with E-state index in [4.69, 9.17) is 9.47 Å². The van der Waals surface area contributed by atoms with Gasteiger partial charge in [0.25, 0.3) is 5.56 Å². The van der Waals surface area contributed by atoms with Crippen molar-refractivity contribution in [1.82, 2.24) is 14.8 Å². The molecule has 0 aliphatic rings. The molecule has 0 atom stereocenters. The Kier molecular flexibility index (Phi) is 4.44. The molecule has 0 saturated carbocycles. The first-order valence-corrected chi connectivity index (χ1v) is 8.59. The molecule has 0 spiro atoms. The molecule has 0 fully saturated rings. The molecule has 1 amide bonds. The number of anilines is 1. The normalized spacial score (nSPS) is 10.9. The van der Waals surface area contributed by atoms with Crippen LogP contribution in [0.1, 0.15) is 0 Å². The summed E-state index contributed by atoms with van der Waals surface area (Å²) in [4.78, 5) is 28.2. The predicted molar refractivity (Wildman–Crippen MR) is 106 cm³/mol. The molecule has 0 aliphatic heterocycles. The highest BCUT2D eigenvalue weighted by Gasteiger charge is 2.13. The Hall–Kier alpha value is -3.81. The topological polar surface area (TPSA) is 98.2 Å². The van der Waals surface area contributed by atoms with Crippen molar-refractivity contribution in [1.29, 1.82) is 0 Å². The maximum Gasteiger partial charge on any atom is 0.291 e. The van der Waals surface area contributed by atoms with Crippen LogP contribution in [0.5, 0.6) is 11.5 Å². The fourth-order valence-corrected chi connectivity index (χ4v) is 3.14. The molecule has 0 radical (unpaired) electrons. The van der Waals surface area contributed by atoms with Crippen LogP contribution >= 0.6 is 0 Å². The van der Waals surface area contributed by atoms with Crippen LogP contribution in [0.4, 0.5) is 5.69 Å². The van der Waals surface area contributed by atoms with Crippen LogP contribution in [0.3, 0.4) is 0 Å². The molecule has 28 heavy (non-hydrogen) atoms. The van der Waals surface area contributed by atoms with E-state index in [0.29, 0.717) is 22.7 Å². The number of methoxy groups -OCH3 is 2. The molecule has 2 aromatic carbocycles. The van der Waals surface area contributed by atoms with Gasteiger partial charge >= 0.3 is 0 Å². The first-order chi connectivity index (χ1) is 13.6. The molecule has 0 bridgehead atoms. The molecule has 2 N–H and O–H groups in total. The molecule has 142 valence electrons. The Morgan fingerprint density at radius 3 is 2.68 bits per heavy atom. The van der Waals surface area contributed by atoms with Crippen LogP contribution in [-0.2, 0) is 11.3 Å². The second-order valence-electron chi connectivity index (χ2n) is 6.18. The van der Waals surface area contributed by atoms with E-state index >= 15 is 0 Å². The van der Waals surface area contributed by atoms with E-state index in [0.717, 1.165) is 21.0 Å². The zero-order valence-electron chi connectivity index (χ0n) is 15.4. The van der Waals surface area contributed by atoms with Gasteiger partial charge in [0.1, 0.15) is 12.1 Å². The number of nitrogens with one attached hydrogen (secondary N) is 2. The summed E-state index contributed by atoms with van der Waals surface area (Å²) in [5, 5.41) is 8.54. The lowest BCUT2D eigenvalue weighted by Crippen LogP contribution is -2.29. The number of ether oxygens (including phenoxy) is 2. The van der Waals surface area contributed by atoms with E-state index in [-0.39, 0.29) is 18.0 Å². The number of benzene rings is 2. The first-order valence-electron chi connectivity index (χ1n) is 8.59. The second-order valence-corrected chi connectivity index (χ2v) is 6.18. The average Bonchev–Trinajstić information content (AvgIpc) is 3.09. The fraction of sp³-hybridized carbons (Fsp3) is 0.150. The molecule has 2 heterocycles. The quantitative estimate of drug-likeness (QED) is 0.556. The first kappa shape index (κ1) is 17.6. The van der Waals surface area contributed by atoms with Gasteiger partial charge in [-0.3, -0.25) is 9.59 Å². The van der Waals surface area contributed by atoms with Gasteiger partial charge in [-0.2, -0.15) is 5.10 Å². The van der Waals surface area contributed by atoms with Gasteiger partial charge in [-0.05, 0) is 18.2 Å². The number of carbonyl (C=O) groups excluding carboxylic acids is 1. The summed E-state index contributed by atoms with van der Waals surface area (Å²) in [5.41, 5.74) is 1.46. The van der Waals surface area contributed by atoms with Gasteiger partial charge in [-0.25, -0.2) is 4.68 Å². The summed E-state index contributed by atoms with van der Waals surface area (Å²) in [6, 6.07) is 12.6. The number of para-hydroxylation sites is 1. The lowest BCUT2D eigenvalue weighted by molar-refractivity contribution is -0.117. The van der Waals surface area contributed by atoms with Crippen molar-refractivity contribution in [3.8, 4) is 11.5 Å². The Morgan fingerprint density at radius 1 is 1.11 bits per heavy atom. The summed E-state index contributed by atoms with van der Waals surface area (Å²) >= 11 is 0. The molecular formula is C20H18N4O4. The number of hydrogen-bond donors (Lipinski definition) is 2. The largest absolute Gasteiger partial charge is 0.493 e. The Morgan fingerprint density at radius 2 is 1.89 bits per heavy atom. The van der Waals surface area contributed by atoms with Crippen molar-refractivity contribution in [3.05, 3.63) is 59.0 Å². The fourth-order valence-electron chi connectivity index (χ4n) is 3.14. The van der Waals surface area contributed by atoms with Crippen molar-refractivity contribution in [2.24, 2.45) is 0 Å². The number of hydrogen-bond acceptors (Lipinski definition) is 5. The van der Waals surface area contributed by atoms with Gasteiger partial charge in [0.05, 0.1) is 20.4 Å². The molecule has 0 unspecified atom stereocenters. The summed E-state index contributed by atoms with van der Waals surface area (Å²) in [7, 11) is 3.05. The van der Waals surface area contributed by atoms with Gasteiger partial charge in [-0.15, -0.1) is 0 Å². The highest BCUT2D eigenvalue weighted by Crippen LogP contribution is 2.29. The monoisotopic (exact) mass is 378 g/mol. The number of fused-ring (bicyclic) bond motifs is 3. The maximum absolute atomic E-state index is 12.7. The van der Waals surface area contributed by atoms with Gasteiger partial charge in [0.15, 0.2) is 11.5 Å². The minimum absolute atomic E-state index is 0.210. The third-order valence-electron chi connectivity index (χ3n) is 4.48. The lowest BCUT2D eigenvalue weighted by Gasteiger charge is -2.11. The number of rotatable bonds is 5. The standard InChI is InChI=1S/C20H18N4O4/c1-27-16-8-7-12(9-17(16)28-2)22-18(25)11-24-20(26)19-14(10-21-24)13-5-3-4-6-15(13)23-19/h3-10,23H,11H2,1-2H3,(H,22,25). The molecule has 0 aliphatic carbocycles. The number of amides is 1. The van der Waals surface area contributed by atoms with Crippen LogP contribution in [0, 0.1) is 0 Å². The van der Waals surface area contributed by atoms with Crippen LogP contribution in [0.25, 0.3) is 21.8 Å². The third kappa shape index (κ3) is 3.05. The Balaban J connectivity index is 1.59. The molecule has 4 aromatic rings.